The number of halogens is 2. The van der Waals surface area contributed by atoms with E-state index in [-0.39, 0.29) is 5.52 Å². The Kier molecular flexibility index (Phi) is 3.10. The predicted octanol–water partition coefficient (Wildman–Crippen LogP) is 3.44. The zero-order valence-corrected chi connectivity index (χ0v) is 10.8. The van der Waals surface area contributed by atoms with Crippen molar-refractivity contribution in [1.29, 1.82) is 0 Å². The van der Waals surface area contributed by atoms with E-state index in [0.717, 1.165) is 17.4 Å². The van der Waals surface area contributed by atoms with Gasteiger partial charge in [-0.05, 0) is 23.8 Å². The van der Waals surface area contributed by atoms with Gasteiger partial charge in [0.15, 0.2) is 5.82 Å². The molecule has 0 atom stereocenters. The van der Waals surface area contributed by atoms with Crippen LogP contribution in [0.25, 0.3) is 11.0 Å². The molecule has 3 nitrogen and oxygen atoms in total. The number of aromatic nitrogens is 2. The Morgan fingerprint density at radius 3 is 2.85 bits per heavy atom. The van der Waals surface area contributed by atoms with Crippen molar-refractivity contribution < 1.29 is 13.5 Å². The number of hydrogen-bond donors (Lipinski definition) is 1. The molecule has 0 saturated heterocycles. The molecule has 0 aliphatic rings. The number of hydrogen-bond acceptors (Lipinski definition) is 2. The van der Waals surface area contributed by atoms with Crippen molar-refractivity contribution in [3.8, 4) is 5.75 Å². The van der Waals surface area contributed by atoms with Gasteiger partial charge in [-0.15, -0.1) is 0 Å². The molecule has 0 bridgehead atoms. The molecule has 0 unspecified atom stereocenters. The van der Waals surface area contributed by atoms with Crippen molar-refractivity contribution in [2.24, 2.45) is 0 Å². The minimum atomic E-state index is -0.659. The second-order valence-corrected chi connectivity index (χ2v) is 4.50. The van der Waals surface area contributed by atoms with Crippen LogP contribution in [0.2, 0.25) is 0 Å². The summed E-state index contributed by atoms with van der Waals surface area (Å²) in [5.74, 6) is 0.0494. The maximum atomic E-state index is 13.6. The van der Waals surface area contributed by atoms with E-state index in [2.05, 4.69) is 9.97 Å². The fourth-order valence-electron chi connectivity index (χ4n) is 2.15. The summed E-state index contributed by atoms with van der Waals surface area (Å²) in [6.07, 6.45) is 0.493. The third-order valence-corrected chi connectivity index (χ3v) is 3.06. The highest BCUT2D eigenvalue weighted by atomic mass is 19.1. The standard InChI is InChI=1S/C15H12F2N2O/c1-20-11-4-2-3-9(5-11)6-14-18-13-8-10(16)7-12(17)15(13)19-14/h2-5,7-8H,6H2,1H3,(H,18,19). The van der Waals surface area contributed by atoms with E-state index >= 15 is 0 Å². The van der Waals surface area contributed by atoms with Gasteiger partial charge in [0.25, 0.3) is 0 Å². The highest BCUT2D eigenvalue weighted by Gasteiger charge is 2.10. The second kappa shape index (κ2) is 4.92. The first-order valence-corrected chi connectivity index (χ1v) is 6.12. The Morgan fingerprint density at radius 1 is 1.20 bits per heavy atom. The maximum absolute atomic E-state index is 13.6. The van der Waals surface area contributed by atoms with Gasteiger partial charge < -0.3 is 9.72 Å². The molecule has 2 aromatic carbocycles. The predicted molar refractivity (Wildman–Crippen MR) is 71.8 cm³/mol. The van der Waals surface area contributed by atoms with Crippen LogP contribution in [-0.4, -0.2) is 17.1 Å². The number of H-pyrrole nitrogens is 1. The highest BCUT2D eigenvalue weighted by Crippen LogP contribution is 2.20. The molecular weight excluding hydrogens is 262 g/mol. The summed E-state index contributed by atoms with van der Waals surface area (Å²) in [5.41, 5.74) is 1.49. The summed E-state index contributed by atoms with van der Waals surface area (Å²) in [6, 6.07) is 9.59. The normalized spacial score (nSPS) is 10.9. The lowest BCUT2D eigenvalue weighted by Crippen LogP contribution is -1.91. The first-order chi connectivity index (χ1) is 9.65. The van der Waals surface area contributed by atoms with Gasteiger partial charge in [0, 0.05) is 12.5 Å². The van der Waals surface area contributed by atoms with Gasteiger partial charge in [-0.3, -0.25) is 0 Å². The van der Waals surface area contributed by atoms with Gasteiger partial charge in [0.2, 0.25) is 0 Å². The molecule has 0 radical (unpaired) electrons. The van der Waals surface area contributed by atoms with Gasteiger partial charge >= 0.3 is 0 Å². The number of imidazole rings is 1. The molecule has 0 fully saturated rings. The molecule has 102 valence electrons. The number of ether oxygens (including phenoxy) is 1. The van der Waals surface area contributed by atoms with Crippen LogP contribution in [0.4, 0.5) is 8.78 Å². The first-order valence-electron chi connectivity index (χ1n) is 6.12. The second-order valence-electron chi connectivity index (χ2n) is 4.50. The molecule has 0 aliphatic heterocycles. The lowest BCUT2D eigenvalue weighted by atomic mass is 10.1. The van der Waals surface area contributed by atoms with Gasteiger partial charge in [-0.1, -0.05) is 12.1 Å². The summed E-state index contributed by atoms with van der Waals surface area (Å²) in [6.45, 7) is 0. The van der Waals surface area contributed by atoms with Crippen LogP contribution in [0.1, 0.15) is 11.4 Å². The van der Waals surface area contributed by atoms with Crippen LogP contribution in [0.5, 0.6) is 5.75 Å². The minimum absolute atomic E-state index is 0.157. The van der Waals surface area contributed by atoms with Crippen LogP contribution in [0.15, 0.2) is 36.4 Å². The summed E-state index contributed by atoms with van der Waals surface area (Å²) in [5, 5.41) is 0. The van der Waals surface area contributed by atoms with E-state index in [1.807, 2.05) is 24.3 Å². The number of fused-ring (bicyclic) bond motifs is 1. The lowest BCUT2D eigenvalue weighted by Gasteiger charge is -2.02. The third-order valence-electron chi connectivity index (χ3n) is 3.06. The molecule has 1 aromatic heterocycles. The lowest BCUT2D eigenvalue weighted by molar-refractivity contribution is 0.414. The monoisotopic (exact) mass is 274 g/mol. The Morgan fingerprint density at radius 2 is 2.05 bits per heavy atom. The summed E-state index contributed by atoms with van der Waals surface area (Å²) >= 11 is 0. The molecule has 1 N–H and O–H groups in total. The number of aromatic amines is 1. The molecule has 0 amide bonds. The number of rotatable bonds is 3. The average molecular weight is 274 g/mol. The zero-order valence-electron chi connectivity index (χ0n) is 10.8. The smallest absolute Gasteiger partial charge is 0.153 e. The Balaban J connectivity index is 1.96. The molecule has 0 aliphatic carbocycles. The van der Waals surface area contributed by atoms with Crippen molar-refractivity contribution in [2.45, 2.75) is 6.42 Å². The molecule has 3 aromatic rings. The quantitative estimate of drug-likeness (QED) is 0.794. The minimum Gasteiger partial charge on any atom is -0.497 e. The van der Waals surface area contributed by atoms with Crippen LogP contribution in [0, 0.1) is 11.6 Å². The average Bonchev–Trinajstić information content (AvgIpc) is 2.81. The molecule has 1 heterocycles. The van der Waals surface area contributed by atoms with Crippen LogP contribution < -0.4 is 4.74 Å². The van der Waals surface area contributed by atoms with Gasteiger partial charge in [0.1, 0.15) is 22.9 Å². The Labute approximate surface area is 114 Å². The fraction of sp³-hybridized carbons (Fsp3) is 0.133. The van der Waals surface area contributed by atoms with E-state index < -0.39 is 11.6 Å². The molecular formula is C15H12F2N2O. The Bertz CT molecular complexity index is 768. The topological polar surface area (TPSA) is 37.9 Å². The number of methoxy groups -OCH3 is 1. The van der Waals surface area contributed by atoms with Crippen LogP contribution >= 0.6 is 0 Å². The van der Waals surface area contributed by atoms with Crippen LogP contribution in [-0.2, 0) is 6.42 Å². The molecule has 0 spiro atoms. The van der Waals surface area contributed by atoms with Crippen molar-refractivity contribution in [3.05, 3.63) is 59.4 Å². The number of benzene rings is 2. The summed E-state index contributed by atoms with van der Waals surface area (Å²) in [4.78, 5) is 7.10. The van der Waals surface area contributed by atoms with E-state index in [9.17, 15) is 8.78 Å². The highest BCUT2D eigenvalue weighted by molar-refractivity contribution is 5.75. The number of nitrogens with one attached hydrogen (secondary N) is 1. The third kappa shape index (κ3) is 2.34. The molecule has 20 heavy (non-hydrogen) atoms. The first kappa shape index (κ1) is 12.6. The van der Waals surface area contributed by atoms with E-state index in [1.165, 1.54) is 6.07 Å². The molecule has 3 rings (SSSR count). The van der Waals surface area contributed by atoms with Crippen LogP contribution in [0.3, 0.4) is 0 Å². The van der Waals surface area contributed by atoms with Crippen molar-refractivity contribution >= 4 is 11.0 Å². The molecule has 0 saturated carbocycles. The van der Waals surface area contributed by atoms with Gasteiger partial charge in [-0.25, -0.2) is 13.8 Å². The van der Waals surface area contributed by atoms with Crippen molar-refractivity contribution in [3.63, 3.8) is 0 Å². The molecule has 5 heteroatoms. The van der Waals surface area contributed by atoms with E-state index in [4.69, 9.17) is 4.74 Å². The largest absolute Gasteiger partial charge is 0.497 e. The summed E-state index contributed by atoms with van der Waals surface area (Å²) in [7, 11) is 1.60. The van der Waals surface area contributed by atoms with Gasteiger partial charge in [-0.2, -0.15) is 0 Å². The van der Waals surface area contributed by atoms with Crippen molar-refractivity contribution in [1.82, 2.24) is 9.97 Å². The van der Waals surface area contributed by atoms with E-state index in [1.54, 1.807) is 7.11 Å². The maximum Gasteiger partial charge on any atom is 0.153 e. The zero-order chi connectivity index (χ0) is 14.1. The van der Waals surface area contributed by atoms with Crippen molar-refractivity contribution in [2.75, 3.05) is 7.11 Å². The van der Waals surface area contributed by atoms with E-state index in [0.29, 0.717) is 17.8 Å². The van der Waals surface area contributed by atoms with Gasteiger partial charge in [0.05, 0.1) is 12.6 Å². The summed E-state index contributed by atoms with van der Waals surface area (Å²) < 4.78 is 31.8. The Hall–Kier alpha value is -2.43. The number of nitrogens with zero attached hydrogens (tertiary/aromatic N) is 1. The fourth-order valence-corrected chi connectivity index (χ4v) is 2.15. The SMILES string of the molecule is COc1cccc(Cc2nc3c(F)cc(F)cc3[nH]2)c1.